The van der Waals surface area contributed by atoms with E-state index >= 15 is 0 Å². The van der Waals surface area contributed by atoms with Gasteiger partial charge in [-0.1, -0.05) is 0 Å². The molecule has 3 heterocycles. The number of para-hydroxylation sites is 1. The van der Waals surface area contributed by atoms with E-state index in [-0.39, 0.29) is 12.6 Å². The van der Waals surface area contributed by atoms with Crippen molar-refractivity contribution in [3.05, 3.63) is 68.9 Å². The van der Waals surface area contributed by atoms with Crippen LogP contribution in [0.2, 0.25) is 5.02 Å². The van der Waals surface area contributed by atoms with Crippen LogP contribution in [0.1, 0.15) is 17.1 Å². The molecule has 2 aromatic heterocycles. The van der Waals surface area contributed by atoms with Crippen molar-refractivity contribution in [1.82, 2.24) is 19.9 Å². The molecule has 0 amide bonds. The van der Waals surface area contributed by atoms with Crippen LogP contribution in [0.4, 0.5) is 5.82 Å². The summed E-state index contributed by atoms with van der Waals surface area (Å²) in [4.78, 5) is 22.9. The monoisotopic (exact) mass is 531 g/mol. The van der Waals surface area contributed by atoms with Gasteiger partial charge >= 0.3 is 187 Å². The van der Waals surface area contributed by atoms with E-state index in [1.54, 1.807) is 30.1 Å². The molecule has 4 rings (SSSR count). The van der Waals surface area contributed by atoms with Crippen molar-refractivity contribution in [3.8, 4) is 11.8 Å². The maximum absolute atomic E-state index is 9.05. The van der Waals surface area contributed by atoms with Crippen molar-refractivity contribution < 1.29 is 9.84 Å². The van der Waals surface area contributed by atoms with Gasteiger partial charge in [-0.2, -0.15) is 0 Å². The zero-order chi connectivity index (χ0) is 20.2. The normalized spacial score (nSPS) is 14.9. The number of rotatable bonds is 5. The Morgan fingerprint density at radius 3 is 2.83 bits per heavy atom. The topological polar surface area (TPSA) is 93.4 Å². The molecule has 10 heteroatoms. The van der Waals surface area contributed by atoms with E-state index in [9.17, 15) is 0 Å². The number of hydrogen-bond acceptors (Lipinski definition) is 8. The molecule has 0 fully saturated rings. The van der Waals surface area contributed by atoms with Gasteiger partial charge in [-0.25, -0.2) is 0 Å². The average molecular weight is 531 g/mol. The van der Waals surface area contributed by atoms with E-state index in [0.717, 1.165) is 19.4 Å². The van der Waals surface area contributed by atoms with E-state index in [1.807, 2.05) is 25.1 Å². The Morgan fingerprint density at radius 2 is 2.07 bits per heavy atom. The van der Waals surface area contributed by atoms with Crippen molar-refractivity contribution >= 4 is 58.3 Å². The summed E-state index contributed by atoms with van der Waals surface area (Å²) in [5, 5.41) is 9.56. The first-order valence-corrected chi connectivity index (χ1v) is 12.8. The molecule has 0 unspecified atom stereocenters. The van der Waals surface area contributed by atoms with Gasteiger partial charge in [-0.05, 0) is 0 Å². The Hall–Kier alpha value is -2.01. The van der Waals surface area contributed by atoms with Gasteiger partial charge < -0.3 is 0 Å². The maximum atomic E-state index is 9.05. The standard InChI is InChI=1S/C19H14ClN5O2S.Sn/c1-12-7-16(25-19(24-12)27-17-6-4-3-5-15(17)20)13(2)28-11-23-18-9-21-14(10-26)8-22-18;/h2-9,26H,10H2,1H3;. The molecule has 0 saturated carbocycles. The molecule has 0 atom stereocenters. The van der Waals surface area contributed by atoms with Crippen LogP contribution in [-0.4, -0.2) is 49.2 Å². The second-order valence-corrected chi connectivity index (χ2v) is 11.4. The summed E-state index contributed by atoms with van der Waals surface area (Å²) in [6.07, 6.45) is 3.10. The summed E-state index contributed by atoms with van der Waals surface area (Å²) >= 11 is 6.79. The van der Waals surface area contributed by atoms with Crippen LogP contribution < -0.4 is 4.74 Å². The van der Waals surface area contributed by atoms with Gasteiger partial charge in [0.15, 0.2) is 0 Å². The third-order valence-corrected chi connectivity index (χ3v) is 9.39. The molecule has 1 N–H and O–H groups in total. The number of aromatic nitrogens is 4. The SMILES string of the molecule is Cc1cc(C2=[CH][Sn][C](=Nc3cnc(CO)cn3)S2)nc(Oc2ccccc2Cl)n1. The van der Waals surface area contributed by atoms with E-state index in [1.165, 1.54) is 6.20 Å². The third kappa shape index (κ3) is 5.13. The molecule has 29 heavy (non-hydrogen) atoms. The summed E-state index contributed by atoms with van der Waals surface area (Å²) in [5.74, 6) is 1.06. The van der Waals surface area contributed by atoms with Crippen LogP contribution >= 0.6 is 23.4 Å². The first-order valence-electron chi connectivity index (χ1n) is 8.54. The van der Waals surface area contributed by atoms with Crippen LogP contribution in [0.25, 0.3) is 4.91 Å². The second kappa shape index (κ2) is 9.20. The number of ether oxygens (including phenoxy) is 1. The molecule has 1 aliphatic heterocycles. The van der Waals surface area contributed by atoms with E-state index < -0.39 is 21.1 Å². The van der Waals surface area contributed by atoms with Crippen molar-refractivity contribution in [1.29, 1.82) is 0 Å². The Labute approximate surface area is 186 Å². The van der Waals surface area contributed by atoms with Crippen LogP contribution in [0, 0.1) is 6.92 Å². The fourth-order valence-corrected chi connectivity index (χ4v) is 7.65. The molecule has 7 nitrogen and oxygen atoms in total. The molecule has 1 aromatic carbocycles. The quantitative estimate of drug-likeness (QED) is 0.500. The Bertz CT molecular complexity index is 1110. The van der Waals surface area contributed by atoms with Gasteiger partial charge in [0.2, 0.25) is 0 Å². The molecule has 3 aromatic rings. The third-order valence-electron chi connectivity index (χ3n) is 3.73. The summed E-state index contributed by atoms with van der Waals surface area (Å²) in [6.45, 7) is 1.77. The number of aryl methyl sites for hydroxylation is 1. The molecular formula is C19H14ClN5O2SSn. The molecule has 0 bridgehead atoms. The van der Waals surface area contributed by atoms with Crippen molar-refractivity contribution in [2.45, 2.75) is 13.5 Å². The fraction of sp³-hybridized carbons (Fsp3) is 0.105. The van der Waals surface area contributed by atoms with E-state index in [2.05, 4.69) is 29.0 Å². The number of aliphatic hydroxyl groups is 1. The van der Waals surface area contributed by atoms with Gasteiger partial charge in [-0.15, -0.1) is 0 Å². The van der Waals surface area contributed by atoms with Crippen LogP contribution in [-0.2, 0) is 6.61 Å². The van der Waals surface area contributed by atoms with Gasteiger partial charge in [-0.3, -0.25) is 0 Å². The predicted octanol–water partition coefficient (Wildman–Crippen LogP) is 3.95. The van der Waals surface area contributed by atoms with Gasteiger partial charge in [0.05, 0.1) is 0 Å². The Kier molecular flexibility index (Phi) is 6.43. The zero-order valence-electron chi connectivity index (χ0n) is 15.2. The summed E-state index contributed by atoms with van der Waals surface area (Å²) < 4.78 is 9.07. The van der Waals surface area contributed by atoms with E-state index in [4.69, 9.17) is 21.4 Å². The van der Waals surface area contributed by atoms with Crippen LogP contribution in [0.3, 0.4) is 0 Å². The molecule has 0 aliphatic carbocycles. The second-order valence-electron chi connectivity index (χ2n) is 5.91. The number of nitrogens with zero attached hydrogens (tertiary/aromatic N) is 5. The van der Waals surface area contributed by atoms with Crippen molar-refractivity contribution in [3.63, 3.8) is 0 Å². The minimum absolute atomic E-state index is 0.132. The number of aliphatic imine (C=N–C) groups is 1. The predicted molar refractivity (Wildman–Crippen MR) is 115 cm³/mol. The van der Waals surface area contributed by atoms with Gasteiger partial charge in [0.1, 0.15) is 0 Å². The van der Waals surface area contributed by atoms with Gasteiger partial charge in [0, 0.05) is 0 Å². The van der Waals surface area contributed by atoms with Crippen molar-refractivity contribution in [2.24, 2.45) is 4.99 Å². The first kappa shape index (κ1) is 20.3. The zero-order valence-corrected chi connectivity index (χ0v) is 19.6. The number of benzene rings is 1. The summed E-state index contributed by atoms with van der Waals surface area (Å²) in [5.41, 5.74) is 2.13. The summed E-state index contributed by atoms with van der Waals surface area (Å²) in [6, 6.07) is 9.41. The van der Waals surface area contributed by atoms with Crippen LogP contribution in [0.15, 0.2) is 51.8 Å². The first-order chi connectivity index (χ1) is 14.1. The molecule has 0 spiro atoms. The fourth-order valence-electron chi connectivity index (χ4n) is 2.40. The number of aliphatic hydroxyl groups excluding tert-OH is 1. The van der Waals surface area contributed by atoms with Crippen LogP contribution in [0.5, 0.6) is 11.8 Å². The molecule has 1 aliphatic rings. The Morgan fingerprint density at radius 1 is 1.21 bits per heavy atom. The number of hydrogen-bond donors (Lipinski definition) is 1. The minimum atomic E-state index is -0.970. The van der Waals surface area contributed by atoms with E-state index in [0.29, 0.717) is 22.3 Å². The molecule has 0 saturated heterocycles. The number of halogens is 1. The van der Waals surface area contributed by atoms with Gasteiger partial charge in [0.25, 0.3) is 0 Å². The Balaban J connectivity index is 1.52. The average Bonchev–Trinajstić information content (AvgIpc) is 3.18. The molecule has 2 radical (unpaired) electrons. The molecular weight excluding hydrogens is 516 g/mol. The van der Waals surface area contributed by atoms with Crippen molar-refractivity contribution in [2.75, 3.05) is 0 Å². The summed E-state index contributed by atoms with van der Waals surface area (Å²) in [7, 11) is 0. The molecule has 144 valence electrons. The number of thioether (sulfide) groups is 1.